The summed E-state index contributed by atoms with van der Waals surface area (Å²) in [5.41, 5.74) is 1.08. The van der Waals surface area contributed by atoms with E-state index in [0.717, 1.165) is 29.2 Å². The van der Waals surface area contributed by atoms with E-state index in [-0.39, 0.29) is 5.91 Å². The van der Waals surface area contributed by atoms with Crippen LogP contribution in [0.4, 0.5) is 0 Å². The number of benzene rings is 2. The lowest BCUT2D eigenvalue weighted by molar-refractivity contribution is -0.121. The maximum absolute atomic E-state index is 11.9. The van der Waals surface area contributed by atoms with Crippen molar-refractivity contribution in [2.75, 3.05) is 26.9 Å². The van der Waals surface area contributed by atoms with Crippen LogP contribution in [0.2, 0.25) is 0 Å². The molecule has 0 fully saturated rings. The molecule has 25 heavy (non-hydrogen) atoms. The third kappa shape index (κ3) is 6.37. The van der Waals surface area contributed by atoms with Gasteiger partial charge in [0.15, 0.2) is 0 Å². The number of rotatable bonds is 10. The van der Waals surface area contributed by atoms with E-state index in [1.165, 1.54) is 0 Å². The van der Waals surface area contributed by atoms with Gasteiger partial charge >= 0.3 is 0 Å². The first-order valence-electron chi connectivity index (χ1n) is 8.47. The molecule has 0 aliphatic heterocycles. The zero-order chi connectivity index (χ0) is 17.9. The molecule has 0 aromatic heterocycles. The van der Waals surface area contributed by atoms with Gasteiger partial charge in [-0.05, 0) is 49.2 Å². The third-order valence-corrected chi connectivity index (χ3v) is 3.64. The Bertz CT molecular complexity index is 655. The highest BCUT2D eigenvalue weighted by molar-refractivity contribution is 5.76. The van der Waals surface area contributed by atoms with Gasteiger partial charge in [0.05, 0.1) is 26.7 Å². The van der Waals surface area contributed by atoms with Crippen molar-refractivity contribution >= 4 is 5.91 Å². The summed E-state index contributed by atoms with van der Waals surface area (Å²) in [5.74, 6) is 2.35. The van der Waals surface area contributed by atoms with E-state index in [4.69, 9.17) is 14.2 Å². The Kier molecular flexibility index (Phi) is 7.63. The van der Waals surface area contributed by atoms with Crippen LogP contribution < -0.4 is 19.5 Å². The van der Waals surface area contributed by atoms with E-state index in [9.17, 15) is 4.79 Å². The highest BCUT2D eigenvalue weighted by atomic mass is 16.5. The summed E-state index contributed by atoms with van der Waals surface area (Å²) in [6.45, 7) is 3.49. The summed E-state index contributed by atoms with van der Waals surface area (Å²) < 4.78 is 16.2. The quantitative estimate of drug-likeness (QED) is 0.720. The normalized spacial score (nSPS) is 10.2. The second kappa shape index (κ2) is 10.2. The monoisotopic (exact) mass is 343 g/mol. The largest absolute Gasteiger partial charge is 0.496 e. The van der Waals surface area contributed by atoms with E-state index < -0.39 is 0 Å². The van der Waals surface area contributed by atoms with Crippen LogP contribution in [0.3, 0.4) is 0 Å². The van der Waals surface area contributed by atoms with Crippen molar-refractivity contribution in [2.24, 2.45) is 0 Å². The van der Waals surface area contributed by atoms with Gasteiger partial charge in [-0.3, -0.25) is 4.79 Å². The zero-order valence-corrected chi connectivity index (χ0v) is 14.8. The second-order valence-electron chi connectivity index (χ2n) is 5.41. The van der Waals surface area contributed by atoms with Crippen molar-refractivity contribution in [2.45, 2.75) is 19.8 Å². The van der Waals surface area contributed by atoms with E-state index in [0.29, 0.717) is 26.2 Å². The molecule has 0 heterocycles. The Hall–Kier alpha value is -2.69. The van der Waals surface area contributed by atoms with E-state index >= 15 is 0 Å². The molecule has 5 nitrogen and oxygen atoms in total. The molecule has 0 aliphatic carbocycles. The predicted molar refractivity (Wildman–Crippen MR) is 97.4 cm³/mol. The molecule has 0 spiro atoms. The molecular formula is C20H25NO4. The summed E-state index contributed by atoms with van der Waals surface area (Å²) >= 11 is 0. The van der Waals surface area contributed by atoms with Crippen molar-refractivity contribution in [1.29, 1.82) is 0 Å². The van der Waals surface area contributed by atoms with Gasteiger partial charge in [0.1, 0.15) is 17.2 Å². The number of hydrogen-bond acceptors (Lipinski definition) is 4. The van der Waals surface area contributed by atoms with Gasteiger partial charge in [-0.2, -0.15) is 0 Å². The summed E-state index contributed by atoms with van der Waals surface area (Å²) in [6, 6.07) is 15.2. The minimum atomic E-state index is -0.0270. The van der Waals surface area contributed by atoms with Gasteiger partial charge in [0, 0.05) is 6.54 Å². The van der Waals surface area contributed by atoms with Gasteiger partial charge in [-0.25, -0.2) is 0 Å². The molecule has 0 saturated heterocycles. The average molecular weight is 343 g/mol. The first kappa shape index (κ1) is 18.6. The summed E-state index contributed by atoms with van der Waals surface area (Å²) in [5, 5.41) is 2.90. The van der Waals surface area contributed by atoms with Crippen LogP contribution in [0, 0.1) is 0 Å². The molecule has 0 aliphatic rings. The molecular weight excluding hydrogens is 318 g/mol. The van der Waals surface area contributed by atoms with Crippen molar-refractivity contribution in [3.63, 3.8) is 0 Å². The fourth-order valence-corrected chi connectivity index (χ4v) is 2.39. The molecule has 134 valence electrons. The van der Waals surface area contributed by atoms with Gasteiger partial charge in [-0.1, -0.05) is 18.2 Å². The number of hydrogen-bond donors (Lipinski definition) is 1. The predicted octanol–water partition coefficient (Wildman–Crippen LogP) is 3.22. The molecule has 0 bridgehead atoms. The Morgan fingerprint density at radius 3 is 2.36 bits per heavy atom. The van der Waals surface area contributed by atoms with Gasteiger partial charge < -0.3 is 19.5 Å². The minimum Gasteiger partial charge on any atom is -0.496 e. The molecule has 5 heteroatoms. The maximum atomic E-state index is 11.9. The SMILES string of the molecule is CCOc1ccc(OCCC(=O)NCCc2ccccc2OC)cc1. The number of amides is 1. The number of carbonyl (C=O) groups excluding carboxylic acids is 1. The van der Waals surface area contributed by atoms with Crippen LogP contribution in [0.15, 0.2) is 48.5 Å². The van der Waals surface area contributed by atoms with Crippen molar-refractivity contribution in [1.82, 2.24) is 5.32 Å². The summed E-state index contributed by atoms with van der Waals surface area (Å²) in [6.07, 6.45) is 1.05. The van der Waals surface area contributed by atoms with Crippen LogP contribution in [-0.4, -0.2) is 32.8 Å². The molecule has 2 rings (SSSR count). The molecule has 2 aromatic rings. The van der Waals surface area contributed by atoms with Crippen LogP contribution in [0.25, 0.3) is 0 Å². The number of ether oxygens (including phenoxy) is 3. The number of methoxy groups -OCH3 is 1. The molecule has 0 saturated carbocycles. The van der Waals surface area contributed by atoms with Crippen molar-refractivity contribution < 1.29 is 19.0 Å². The van der Waals surface area contributed by atoms with Gasteiger partial charge in [0.2, 0.25) is 5.91 Å². The fraction of sp³-hybridized carbons (Fsp3) is 0.350. The van der Waals surface area contributed by atoms with E-state index in [1.54, 1.807) is 7.11 Å². The lowest BCUT2D eigenvalue weighted by Gasteiger charge is -2.10. The Balaban J connectivity index is 1.65. The van der Waals surface area contributed by atoms with Crippen molar-refractivity contribution in [3.8, 4) is 17.2 Å². The topological polar surface area (TPSA) is 56.8 Å². The first-order valence-corrected chi connectivity index (χ1v) is 8.47. The molecule has 1 N–H and O–H groups in total. The summed E-state index contributed by atoms with van der Waals surface area (Å²) in [7, 11) is 1.65. The highest BCUT2D eigenvalue weighted by Crippen LogP contribution is 2.18. The Labute approximate surface area is 148 Å². The maximum Gasteiger partial charge on any atom is 0.223 e. The lowest BCUT2D eigenvalue weighted by atomic mass is 10.1. The molecule has 0 unspecified atom stereocenters. The number of para-hydroxylation sites is 1. The fourth-order valence-electron chi connectivity index (χ4n) is 2.39. The van der Waals surface area contributed by atoms with Crippen LogP contribution in [0.1, 0.15) is 18.9 Å². The van der Waals surface area contributed by atoms with Gasteiger partial charge in [0.25, 0.3) is 0 Å². The Morgan fingerprint density at radius 2 is 1.68 bits per heavy atom. The van der Waals surface area contributed by atoms with Crippen LogP contribution in [-0.2, 0) is 11.2 Å². The summed E-state index contributed by atoms with van der Waals surface area (Å²) in [4.78, 5) is 11.9. The molecule has 1 amide bonds. The number of carbonyl (C=O) groups is 1. The smallest absolute Gasteiger partial charge is 0.223 e. The molecule has 2 aromatic carbocycles. The second-order valence-corrected chi connectivity index (χ2v) is 5.41. The van der Waals surface area contributed by atoms with Crippen molar-refractivity contribution in [3.05, 3.63) is 54.1 Å². The standard InChI is InChI=1S/C20H25NO4/c1-3-24-17-8-10-18(11-9-17)25-15-13-20(22)21-14-12-16-6-4-5-7-19(16)23-2/h4-11H,3,12-15H2,1-2H3,(H,21,22). The molecule has 0 radical (unpaired) electrons. The number of nitrogens with one attached hydrogen (secondary N) is 1. The third-order valence-electron chi connectivity index (χ3n) is 3.64. The van der Waals surface area contributed by atoms with Crippen LogP contribution >= 0.6 is 0 Å². The Morgan fingerprint density at radius 1 is 1.00 bits per heavy atom. The lowest BCUT2D eigenvalue weighted by Crippen LogP contribution is -2.27. The molecule has 0 atom stereocenters. The average Bonchev–Trinajstić information content (AvgIpc) is 2.64. The highest BCUT2D eigenvalue weighted by Gasteiger charge is 2.05. The van der Waals surface area contributed by atoms with E-state index in [2.05, 4.69) is 5.32 Å². The zero-order valence-electron chi connectivity index (χ0n) is 14.8. The van der Waals surface area contributed by atoms with E-state index in [1.807, 2.05) is 55.5 Å². The minimum absolute atomic E-state index is 0.0270. The van der Waals surface area contributed by atoms with Crippen LogP contribution in [0.5, 0.6) is 17.2 Å². The van der Waals surface area contributed by atoms with Gasteiger partial charge in [-0.15, -0.1) is 0 Å². The first-order chi connectivity index (χ1) is 12.2.